The first-order valence-corrected chi connectivity index (χ1v) is 11.3. The van der Waals surface area contributed by atoms with Gasteiger partial charge in [-0.1, -0.05) is 0 Å². The lowest BCUT2D eigenvalue weighted by molar-refractivity contribution is 0.0951. The molecule has 1 aromatic carbocycles. The smallest absolute Gasteiger partial charge is 0.255 e. The van der Waals surface area contributed by atoms with Gasteiger partial charge in [0.15, 0.2) is 0 Å². The Kier molecular flexibility index (Phi) is 5.78. The number of anilines is 1. The van der Waals surface area contributed by atoms with E-state index < -0.39 is 11.6 Å². The van der Waals surface area contributed by atoms with Crippen molar-refractivity contribution in [1.82, 2.24) is 19.8 Å². The lowest BCUT2D eigenvalue weighted by atomic mass is 10.0. The first-order valence-electron chi connectivity index (χ1n) is 11.3. The van der Waals surface area contributed by atoms with E-state index in [1.54, 1.807) is 10.7 Å². The second-order valence-corrected chi connectivity index (χ2v) is 8.59. The largest absolute Gasteiger partial charge is 0.364 e. The number of nitrogens with zero attached hydrogens (tertiary/aromatic N) is 4. The molecule has 0 spiro atoms. The summed E-state index contributed by atoms with van der Waals surface area (Å²) < 4.78 is 29.9. The highest BCUT2D eigenvalue weighted by molar-refractivity contribution is 6.01. The van der Waals surface area contributed by atoms with Crippen LogP contribution in [-0.2, 0) is 0 Å². The van der Waals surface area contributed by atoms with Crippen LogP contribution in [0, 0.1) is 11.6 Å². The second kappa shape index (κ2) is 8.86. The molecule has 8 heteroatoms. The van der Waals surface area contributed by atoms with Crippen LogP contribution < -0.4 is 10.2 Å². The van der Waals surface area contributed by atoms with E-state index in [2.05, 4.69) is 20.2 Å². The van der Waals surface area contributed by atoms with E-state index in [9.17, 15) is 13.6 Å². The lowest BCUT2D eigenvalue weighted by Crippen LogP contribution is -2.33. The summed E-state index contributed by atoms with van der Waals surface area (Å²) in [5, 5.41) is 7.32. The molecule has 0 saturated carbocycles. The molecule has 2 saturated heterocycles. The maximum absolute atomic E-state index is 14.5. The average Bonchev–Trinajstić information content (AvgIpc) is 3.55. The van der Waals surface area contributed by atoms with Crippen molar-refractivity contribution in [3.8, 4) is 0 Å². The fourth-order valence-electron chi connectivity index (χ4n) is 4.92. The molecule has 1 unspecified atom stereocenters. The first-order chi connectivity index (χ1) is 15.6. The number of hydrogen-bond donors (Lipinski definition) is 1. The number of pyridine rings is 1. The molecule has 4 heterocycles. The number of carbonyl (C=O) groups is 1. The predicted molar refractivity (Wildman–Crippen MR) is 119 cm³/mol. The molecule has 2 aliphatic heterocycles. The van der Waals surface area contributed by atoms with E-state index in [1.165, 1.54) is 25.0 Å². The van der Waals surface area contributed by atoms with Crippen molar-refractivity contribution in [2.45, 2.75) is 31.7 Å². The van der Waals surface area contributed by atoms with E-state index in [0.29, 0.717) is 23.2 Å². The minimum atomic E-state index is -0.438. The molecule has 0 bridgehead atoms. The van der Waals surface area contributed by atoms with Crippen LogP contribution in [0.4, 0.5) is 14.5 Å². The molecule has 32 heavy (non-hydrogen) atoms. The summed E-state index contributed by atoms with van der Waals surface area (Å²) in [6.07, 6.45) is 7.47. The van der Waals surface area contributed by atoms with E-state index >= 15 is 0 Å². The summed E-state index contributed by atoms with van der Waals surface area (Å²) in [6.45, 7) is 4.38. The highest BCUT2D eigenvalue weighted by Crippen LogP contribution is 2.38. The highest BCUT2D eigenvalue weighted by Gasteiger charge is 2.29. The molecule has 0 radical (unpaired) electrons. The third kappa shape index (κ3) is 4.07. The van der Waals surface area contributed by atoms with Gasteiger partial charge >= 0.3 is 0 Å². The molecule has 1 N–H and O–H groups in total. The fourth-order valence-corrected chi connectivity index (χ4v) is 4.92. The van der Waals surface area contributed by atoms with Gasteiger partial charge in [-0.05, 0) is 69.1 Å². The third-order valence-corrected chi connectivity index (χ3v) is 6.56. The zero-order chi connectivity index (χ0) is 22.1. The Hall–Kier alpha value is -3.00. The van der Waals surface area contributed by atoms with Crippen molar-refractivity contribution in [3.63, 3.8) is 0 Å². The third-order valence-electron chi connectivity index (χ3n) is 6.56. The summed E-state index contributed by atoms with van der Waals surface area (Å²) in [7, 11) is 0. The van der Waals surface area contributed by atoms with Gasteiger partial charge in [0.05, 0.1) is 23.3 Å². The Bertz CT molecular complexity index is 1120. The van der Waals surface area contributed by atoms with Gasteiger partial charge in [0.2, 0.25) is 0 Å². The van der Waals surface area contributed by atoms with Crippen LogP contribution in [0.5, 0.6) is 0 Å². The highest BCUT2D eigenvalue weighted by atomic mass is 19.1. The molecule has 2 aromatic heterocycles. The van der Waals surface area contributed by atoms with Crippen LogP contribution in [0.3, 0.4) is 0 Å². The molecule has 3 aromatic rings. The quantitative estimate of drug-likeness (QED) is 0.635. The summed E-state index contributed by atoms with van der Waals surface area (Å²) in [6, 6.07) is 7.20. The van der Waals surface area contributed by atoms with Crippen molar-refractivity contribution in [1.29, 1.82) is 0 Å². The van der Waals surface area contributed by atoms with Gasteiger partial charge < -0.3 is 15.1 Å². The minimum absolute atomic E-state index is 0.148. The van der Waals surface area contributed by atoms with Crippen LogP contribution >= 0.6 is 0 Å². The van der Waals surface area contributed by atoms with E-state index in [-0.39, 0.29) is 11.9 Å². The Balaban J connectivity index is 1.37. The number of hydrogen-bond acceptors (Lipinski definition) is 4. The number of aromatic nitrogens is 2. The number of fused-ring (bicyclic) bond motifs is 1. The molecule has 1 amide bonds. The number of halogens is 2. The Morgan fingerprint density at radius 3 is 2.78 bits per heavy atom. The summed E-state index contributed by atoms with van der Waals surface area (Å²) in [5.41, 5.74) is 2.46. The van der Waals surface area contributed by atoms with E-state index in [4.69, 9.17) is 0 Å². The summed E-state index contributed by atoms with van der Waals surface area (Å²) >= 11 is 0. The zero-order valence-electron chi connectivity index (χ0n) is 17.9. The van der Waals surface area contributed by atoms with Gasteiger partial charge in [-0.15, -0.1) is 0 Å². The standard InChI is InChI=1S/C24H27F2N5O/c25-17-5-6-21(26)19(14-17)22-4-3-11-30(22)18-7-12-31-23(15-18)20(16-28-31)24(32)27-8-13-29-9-1-2-10-29/h5-7,12,14-16,22H,1-4,8-11,13H2,(H,27,32). The van der Waals surface area contributed by atoms with E-state index in [1.807, 2.05) is 18.3 Å². The molecular weight excluding hydrogens is 412 g/mol. The van der Waals surface area contributed by atoms with Crippen molar-refractivity contribution in [2.24, 2.45) is 0 Å². The van der Waals surface area contributed by atoms with Gasteiger partial charge in [-0.25, -0.2) is 13.3 Å². The first kappa shape index (κ1) is 20.9. The Morgan fingerprint density at radius 1 is 1.09 bits per heavy atom. The molecule has 6 nitrogen and oxygen atoms in total. The fraction of sp³-hybridized carbons (Fsp3) is 0.417. The number of rotatable bonds is 6. The molecular formula is C24H27F2N5O. The predicted octanol–water partition coefficient (Wildman–Crippen LogP) is 3.78. The number of nitrogens with one attached hydrogen (secondary N) is 1. The van der Waals surface area contributed by atoms with Crippen LogP contribution in [-0.4, -0.2) is 53.1 Å². The van der Waals surface area contributed by atoms with Gasteiger partial charge in [0.25, 0.3) is 5.91 Å². The van der Waals surface area contributed by atoms with Crippen molar-refractivity contribution < 1.29 is 13.6 Å². The lowest BCUT2D eigenvalue weighted by Gasteiger charge is -2.27. The van der Waals surface area contributed by atoms with Gasteiger partial charge in [0.1, 0.15) is 11.6 Å². The zero-order valence-corrected chi connectivity index (χ0v) is 17.9. The topological polar surface area (TPSA) is 52.9 Å². The van der Waals surface area contributed by atoms with Crippen LogP contribution in [0.1, 0.15) is 47.6 Å². The molecule has 2 fully saturated rings. The van der Waals surface area contributed by atoms with Crippen LogP contribution in [0.15, 0.2) is 42.7 Å². The number of likely N-dealkylation sites (tertiary alicyclic amines) is 1. The monoisotopic (exact) mass is 439 g/mol. The van der Waals surface area contributed by atoms with Gasteiger partial charge in [-0.2, -0.15) is 5.10 Å². The minimum Gasteiger partial charge on any atom is -0.364 e. The van der Waals surface area contributed by atoms with Gasteiger partial charge in [0, 0.05) is 37.1 Å². The number of carbonyl (C=O) groups excluding carboxylic acids is 1. The molecule has 168 valence electrons. The summed E-state index contributed by atoms with van der Waals surface area (Å²) in [4.78, 5) is 17.2. The molecule has 0 aliphatic carbocycles. The number of amides is 1. The van der Waals surface area contributed by atoms with Gasteiger partial charge in [-0.3, -0.25) is 4.79 Å². The normalized spacial score (nSPS) is 19.2. The second-order valence-electron chi connectivity index (χ2n) is 8.59. The van der Waals surface area contributed by atoms with Crippen molar-refractivity contribution >= 4 is 17.1 Å². The molecule has 5 rings (SSSR count). The maximum atomic E-state index is 14.5. The summed E-state index contributed by atoms with van der Waals surface area (Å²) in [5.74, 6) is -0.982. The maximum Gasteiger partial charge on any atom is 0.255 e. The molecule has 2 aliphatic rings. The number of benzene rings is 1. The van der Waals surface area contributed by atoms with E-state index in [0.717, 1.165) is 50.8 Å². The Labute approximate surface area is 185 Å². The van der Waals surface area contributed by atoms with Crippen LogP contribution in [0.25, 0.3) is 5.52 Å². The van der Waals surface area contributed by atoms with Crippen molar-refractivity contribution in [3.05, 3.63) is 65.5 Å². The SMILES string of the molecule is O=C(NCCN1CCCC1)c1cnn2ccc(N3CCCC3c3cc(F)ccc3F)cc12. The molecule has 1 atom stereocenters. The average molecular weight is 440 g/mol. The Morgan fingerprint density at radius 2 is 1.94 bits per heavy atom. The van der Waals surface area contributed by atoms with Crippen LogP contribution in [0.2, 0.25) is 0 Å². The van der Waals surface area contributed by atoms with Crippen molar-refractivity contribution in [2.75, 3.05) is 37.6 Å².